The minimum atomic E-state index is -0.337. The Morgan fingerprint density at radius 3 is 2.43 bits per heavy atom. The summed E-state index contributed by atoms with van der Waals surface area (Å²) in [6.07, 6.45) is 3.95. The van der Waals surface area contributed by atoms with Gasteiger partial charge in [0, 0.05) is 12.0 Å². The van der Waals surface area contributed by atoms with Crippen LogP contribution in [0.2, 0.25) is 5.02 Å². The molecule has 23 heavy (non-hydrogen) atoms. The van der Waals surface area contributed by atoms with E-state index in [4.69, 9.17) is 21.1 Å². The normalized spacial score (nSPS) is 14.4. The number of anilines is 1. The van der Waals surface area contributed by atoms with Crippen LogP contribution >= 0.6 is 11.6 Å². The molecule has 0 spiro atoms. The van der Waals surface area contributed by atoms with Gasteiger partial charge in [0.1, 0.15) is 11.5 Å². The average molecular weight is 341 g/mol. The van der Waals surface area contributed by atoms with Gasteiger partial charge in [-0.15, -0.1) is 0 Å². The van der Waals surface area contributed by atoms with Crippen molar-refractivity contribution in [2.75, 3.05) is 26.1 Å². The van der Waals surface area contributed by atoms with Gasteiger partial charge in [0.25, 0.3) is 0 Å². The highest BCUT2D eigenvalue weighted by atomic mass is 35.5. The molecule has 0 saturated heterocycles. The van der Waals surface area contributed by atoms with Crippen LogP contribution in [0.15, 0.2) is 12.1 Å². The molecule has 0 unspecified atom stereocenters. The standard InChI is InChI=1S/C16H21ClN2O4/c1-22-13-8-14(23-2)12(7-11(13)17)19-15(20)9-18-16(21)10-5-3-4-6-10/h7-8,10H,3-6,9H2,1-2H3,(H,18,21)(H,19,20). The lowest BCUT2D eigenvalue weighted by atomic mass is 10.1. The number of carbonyl (C=O) groups excluding carboxylic acids is 2. The Morgan fingerprint density at radius 2 is 1.83 bits per heavy atom. The maximum absolute atomic E-state index is 12.0. The Balaban J connectivity index is 1.94. The number of methoxy groups -OCH3 is 2. The van der Waals surface area contributed by atoms with E-state index in [9.17, 15) is 9.59 Å². The lowest BCUT2D eigenvalue weighted by molar-refractivity contribution is -0.127. The third-order valence-corrected chi connectivity index (χ3v) is 4.19. The van der Waals surface area contributed by atoms with Crippen LogP contribution in [0.4, 0.5) is 5.69 Å². The predicted octanol–water partition coefficient (Wildman–Crippen LogP) is 2.60. The summed E-state index contributed by atoms with van der Waals surface area (Å²) in [7, 11) is 2.98. The number of ether oxygens (including phenoxy) is 2. The van der Waals surface area contributed by atoms with Gasteiger partial charge in [-0.05, 0) is 18.9 Å². The van der Waals surface area contributed by atoms with Gasteiger partial charge < -0.3 is 20.1 Å². The number of amides is 2. The largest absolute Gasteiger partial charge is 0.495 e. The topological polar surface area (TPSA) is 76.7 Å². The maximum Gasteiger partial charge on any atom is 0.243 e. The molecule has 1 fully saturated rings. The second kappa shape index (κ2) is 8.06. The first-order valence-electron chi connectivity index (χ1n) is 7.54. The van der Waals surface area contributed by atoms with Crippen molar-refractivity contribution >= 4 is 29.1 Å². The maximum atomic E-state index is 12.0. The first kappa shape index (κ1) is 17.4. The van der Waals surface area contributed by atoms with Crippen molar-refractivity contribution in [1.29, 1.82) is 0 Å². The molecule has 7 heteroatoms. The third kappa shape index (κ3) is 4.51. The molecule has 1 aromatic carbocycles. The van der Waals surface area contributed by atoms with Crippen molar-refractivity contribution in [2.24, 2.45) is 5.92 Å². The van der Waals surface area contributed by atoms with Crippen molar-refractivity contribution in [3.05, 3.63) is 17.2 Å². The number of rotatable bonds is 6. The first-order valence-corrected chi connectivity index (χ1v) is 7.92. The highest BCUT2D eigenvalue weighted by Gasteiger charge is 2.23. The molecule has 2 amide bonds. The molecular weight excluding hydrogens is 320 g/mol. The summed E-state index contributed by atoms with van der Waals surface area (Å²) >= 11 is 6.05. The predicted molar refractivity (Wildman–Crippen MR) is 88.2 cm³/mol. The van der Waals surface area contributed by atoms with Gasteiger partial charge in [0.2, 0.25) is 11.8 Å². The summed E-state index contributed by atoms with van der Waals surface area (Å²) in [5.74, 6) is 0.527. The van der Waals surface area contributed by atoms with Crippen LogP contribution in [0.5, 0.6) is 11.5 Å². The van der Waals surface area contributed by atoms with Crippen LogP contribution in [0.25, 0.3) is 0 Å². The molecule has 0 atom stereocenters. The zero-order valence-electron chi connectivity index (χ0n) is 13.3. The van der Waals surface area contributed by atoms with Gasteiger partial charge in [0.15, 0.2) is 0 Å². The monoisotopic (exact) mass is 340 g/mol. The van der Waals surface area contributed by atoms with E-state index in [1.165, 1.54) is 14.2 Å². The van der Waals surface area contributed by atoms with E-state index in [2.05, 4.69) is 10.6 Å². The minimum Gasteiger partial charge on any atom is -0.495 e. The molecule has 1 aromatic rings. The molecule has 0 aliphatic heterocycles. The smallest absolute Gasteiger partial charge is 0.243 e. The van der Waals surface area contributed by atoms with Gasteiger partial charge >= 0.3 is 0 Å². The fraction of sp³-hybridized carbons (Fsp3) is 0.500. The third-order valence-electron chi connectivity index (χ3n) is 3.90. The molecule has 2 N–H and O–H groups in total. The van der Waals surface area contributed by atoms with Crippen molar-refractivity contribution in [3.8, 4) is 11.5 Å². The molecular formula is C16H21ClN2O4. The second-order valence-corrected chi connectivity index (χ2v) is 5.84. The highest BCUT2D eigenvalue weighted by Crippen LogP contribution is 2.35. The summed E-state index contributed by atoms with van der Waals surface area (Å²) in [6, 6.07) is 3.14. The van der Waals surface area contributed by atoms with Crippen LogP contribution < -0.4 is 20.1 Å². The number of benzene rings is 1. The van der Waals surface area contributed by atoms with E-state index in [1.807, 2.05) is 0 Å². The summed E-state index contributed by atoms with van der Waals surface area (Å²) in [4.78, 5) is 23.9. The van der Waals surface area contributed by atoms with Crippen LogP contribution in [0, 0.1) is 5.92 Å². The van der Waals surface area contributed by atoms with E-state index in [0.717, 1.165) is 25.7 Å². The molecule has 2 rings (SSSR count). The summed E-state index contributed by atoms with van der Waals surface area (Å²) in [5.41, 5.74) is 0.429. The molecule has 1 aliphatic carbocycles. The lowest BCUT2D eigenvalue weighted by Gasteiger charge is -2.14. The van der Waals surface area contributed by atoms with E-state index in [-0.39, 0.29) is 24.3 Å². The van der Waals surface area contributed by atoms with E-state index in [1.54, 1.807) is 12.1 Å². The van der Waals surface area contributed by atoms with E-state index >= 15 is 0 Å². The summed E-state index contributed by atoms with van der Waals surface area (Å²) < 4.78 is 10.3. The molecule has 6 nitrogen and oxygen atoms in total. The lowest BCUT2D eigenvalue weighted by Crippen LogP contribution is -2.36. The number of halogens is 1. The fourth-order valence-corrected chi connectivity index (χ4v) is 2.89. The SMILES string of the molecule is COc1cc(OC)c(NC(=O)CNC(=O)C2CCCC2)cc1Cl. The van der Waals surface area contributed by atoms with Gasteiger partial charge in [0.05, 0.1) is 31.5 Å². The minimum absolute atomic E-state index is 0.0350. The molecule has 0 aromatic heterocycles. The molecule has 0 radical (unpaired) electrons. The van der Waals surface area contributed by atoms with Gasteiger partial charge in [-0.2, -0.15) is 0 Å². The quantitative estimate of drug-likeness (QED) is 0.834. The average Bonchev–Trinajstić information content (AvgIpc) is 3.07. The van der Waals surface area contributed by atoms with Crippen LogP contribution in [0.1, 0.15) is 25.7 Å². The first-order chi connectivity index (χ1) is 11.0. The summed E-state index contributed by atoms with van der Waals surface area (Å²) in [5, 5.41) is 5.71. The van der Waals surface area contributed by atoms with Crippen LogP contribution in [0.3, 0.4) is 0 Å². The van der Waals surface area contributed by atoms with Gasteiger partial charge in [-0.1, -0.05) is 24.4 Å². The molecule has 0 bridgehead atoms. The second-order valence-electron chi connectivity index (χ2n) is 5.43. The van der Waals surface area contributed by atoms with Crippen molar-refractivity contribution in [3.63, 3.8) is 0 Å². The van der Waals surface area contributed by atoms with Crippen molar-refractivity contribution in [2.45, 2.75) is 25.7 Å². The van der Waals surface area contributed by atoms with E-state index in [0.29, 0.717) is 22.2 Å². The number of hydrogen-bond donors (Lipinski definition) is 2. The zero-order chi connectivity index (χ0) is 16.8. The van der Waals surface area contributed by atoms with E-state index < -0.39 is 0 Å². The van der Waals surface area contributed by atoms with Crippen molar-refractivity contribution in [1.82, 2.24) is 5.32 Å². The Morgan fingerprint density at radius 1 is 1.17 bits per heavy atom. The number of carbonyl (C=O) groups is 2. The summed E-state index contributed by atoms with van der Waals surface area (Å²) in [6.45, 7) is -0.0812. The number of nitrogens with one attached hydrogen (secondary N) is 2. The Kier molecular flexibility index (Phi) is 6.10. The molecule has 1 aliphatic rings. The van der Waals surface area contributed by atoms with Gasteiger partial charge in [-0.3, -0.25) is 9.59 Å². The zero-order valence-corrected chi connectivity index (χ0v) is 14.0. The number of hydrogen-bond acceptors (Lipinski definition) is 4. The fourth-order valence-electron chi connectivity index (χ4n) is 2.65. The Bertz CT molecular complexity index is 586. The molecule has 126 valence electrons. The molecule has 1 saturated carbocycles. The van der Waals surface area contributed by atoms with Crippen molar-refractivity contribution < 1.29 is 19.1 Å². The van der Waals surface area contributed by atoms with Crippen LogP contribution in [-0.4, -0.2) is 32.6 Å². The van der Waals surface area contributed by atoms with Crippen LogP contribution in [-0.2, 0) is 9.59 Å². The Hall–Kier alpha value is -1.95. The Labute approximate surface area is 140 Å². The van der Waals surface area contributed by atoms with Gasteiger partial charge in [-0.25, -0.2) is 0 Å². The molecule has 0 heterocycles. The highest BCUT2D eigenvalue weighted by molar-refractivity contribution is 6.32.